The molecule has 0 aromatic heterocycles. The first-order valence-corrected chi connectivity index (χ1v) is 18.9. The molecule has 4 N–H and O–H groups in total. The van der Waals surface area contributed by atoms with Gasteiger partial charge in [-0.1, -0.05) is 128 Å². The maximum absolute atomic E-state index is 13.8. The quantitative estimate of drug-likeness (QED) is 0.129. The third-order valence-electron chi connectivity index (χ3n) is 10.2. The van der Waals surface area contributed by atoms with Crippen molar-refractivity contribution in [2.75, 3.05) is 18.0 Å². The summed E-state index contributed by atoms with van der Waals surface area (Å²) in [7, 11) is 0. The highest BCUT2D eigenvalue weighted by molar-refractivity contribution is 5.98. The van der Waals surface area contributed by atoms with Gasteiger partial charge in [-0.25, -0.2) is 0 Å². The van der Waals surface area contributed by atoms with Crippen molar-refractivity contribution in [1.82, 2.24) is 10.6 Å². The smallest absolute Gasteiger partial charge is 0.246 e. The van der Waals surface area contributed by atoms with Crippen molar-refractivity contribution in [3.8, 4) is 0 Å². The molecule has 0 radical (unpaired) electrons. The van der Waals surface area contributed by atoms with Crippen LogP contribution in [0, 0.1) is 19.3 Å². The monoisotopic (exact) mass is 714 g/mol. The number of aryl methyl sites for hydroxylation is 3. The van der Waals surface area contributed by atoms with E-state index in [2.05, 4.69) is 87.6 Å². The standard InChI is InChI=1S/C38H50N4O2.C7H8.C2H4/c1-8-12-27(9-2)21-33(41-26(6)29-15-13-25(5)14-16-29)37(44)40-24-35(43)42(11-4)34-20-17-28(10-3)31-23-38(7)22-30(39)18-19-32(38)36(31)34;1-7-5-3-2-4-6-7;1-2/h8-9,12-20,30,32-33,41H,6,10-11,21-24,39H2,1-5,7H3,(H,40,44);2-6H,1H3;1-2H2/b12-8-,27-9+;;/t30?,32?,33?,38-;;/m1../s1. The average molecular weight is 715 g/mol. The minimum Gasteiger partial charge on any atom is -0.373 e. The molecule has 0 saturated heterocycles. The van der Waals surface area contributed by atoms with Gasteiger partial charge in [-0.2, -0.15) is 0 Å². The topological polar surface area (TPSA) is 87.5 Å². The third-order valence-corrected chi connectivity index (χ3v) is 10.2. The van der Waals surface area contributed by atoms with Gasteiger partial charge in [-0.15, -0.1) is 13.2 Å². The van der Waals surface area contributed by atoms with Gasteiger partial charge in [-0.3, -0.25) is 9.59 Å². The van der Waals surface area contributed by atoms with E-state index in [-0.39, 0.29) is 35.7 Å². The van der Waals surface area contributed by atoms with Crippen LogP contribution in [0.3, 0.4) is 0 Å². The van der Waals surface area contributed by atoms with Crippen LogP contribution in [-0.4, -0.2) is 37.0 Å². The summed E-state index contributed by atoms with van der Waals surface area (Å²) in [6.07, 6.45) is 13.6. The molecule has 6 heteroatoms. The predicted molar refractivity (Wildman–Crippen MR) is 226 cm³/mol. The van der Waals surface area contributed by atoms with Crippen LogP contribution in [0.4, 0.5) is 5.69 Å². The molecule has 6 nitrogen and oxygen atoms in total. The summed E-state index contributed by atoms with van der Waals surface area (Å²) in [5, 5.41) is 6.28. The van der Waals surface area contributed by atoms with Crippen molar-refractivity contribution in [2.24, 2.45) is 11.1 Å². The summed E-state index contributed by atoms with van der Waals surface area (Å²) in [5.41, 5.74) is 16.4. The van der Waals surface area contributed by atoms with Gasteiger partial charge in [0.15, 0.2) is 0 Å². The summed E-state index contributed by atoms with van der Waals surface area (Å²) < 4.78 is 0. The van der Waals surface area contributed by atoms with Gasteiger partial charge in [-0.05, 0) is 87.6 Å². The Morgan fingerprint density at radius 1 is 0.981 bits per heavy atom. The summed E-state index contributed by atoms with van der Waals surface area (Å²) in [4.78, 5) is 29.3. The van der Waals surface area contributed by atoms with Crippen molar-refractivity contribution in [2.45, 2.75) is 92.2 Å². The lowest BCUT2D eigenvalue weighted by molar-refractivity contribution is -0.126. The van der Waals surface area contributed by atoms with Crippen LogP contribution in [-0.2, 0) is 22.4 Å². The van der Waals surface area contributed by atoms with E-state index in [1.54, 1.807) is 0 Å². The largest absolute Gasteiger partial charge is 0.373 e. The number of hydrogen-bond acceptors (Lipinski definition) is 4. The third kappa shape index (κ3) is 11.0. The van der Waals surface area contributed by atoms with E-state index in [4.69, 9.17) is 5.73 Å². The number of hydrogen-bond donors (Lipinski definition) is 3. The average Bonchev–Trinajstić information content (AvgIpc) is 3.47. The molecule has 0 bridgehead atoms. The summed E-state index contributed by atoms with van der Waals surface area (Å²) in [5.74, 6) is -0.162. The number of anilines is 1. The van der Waals surface area contributed by atoms with Gasteiger partial charge in [0.1, 0.15) is 6.04 Å². The van der Waals surface area contributed by atoms with Gasteiger partial charge in [0, 0.05) is 36.3 Å². The second kappa shape index (κ2) is 20.3. The number of nitrogens with zero attached hydrogens (tertiary/aromatic N) is 1. The number of carbonyl (C=O) groups is 2. The predicted octanol–water partition coefficient (Wildman–Crippen LogP) is 9.30. The first kappa shape index (κ1) is 42.5. The second-order valence-electron chi connectivity index (χ2n) is 14.2. The number of rotatable bonds is 12. The molecule has 0 heterocycles. The molecule has 282 valence electrons. The normalized spacial score (nSPS) is 19.1. The Kier molecular flexibility index (Phi) is 16.3. The van der Waals surface area contributed by atoms with E-state index in [9.17, 15) is 9.59 Å². The maximum atomic E-state index is 13.8. The first-order chi connectivity index (χ1) is 25.4. The molecule has 5 rings (SSSR count). The highest BCUT2D eigenvalue weighted by atomic mass is 16.2. The van der Waals surface area contributed by atoms with Crippen LogP contribution in [0.25, 0.3) is 5.70 Å². The Hall–Kier alpha value is -4.94. The van der Waals surface area contributed by atoms with Crippen molar-refractivity contribution in [3.05, 3.63) is 156 Å². The van der Waals surface area contributed by atoms with Crippen LogP contribution in [0.1, 0.15) is 86.8 Å². The van der Waals surface area contributed by atoms with E-state index in [0.717, 1.165) is 41.6 Å². The summed E-state index contributed by atoms with van der Waals surface area (Å²) >= 11 is 0. The highest BCUT2D eigenvalue weighted by Crippen LogP contribution is 2.56. The molecule has 53 heavy (non-hydrogen) atoms. The van der Waals surface area contributed by atoms with Gasteiger partial charge < -0.3 is 21.3 Å². The second-order valence-corrected chi connectivity index (χ2v) is 14.2. The number of allylic oxidation sites excluding steroid dienone is 4. The van der Waals surface area contributed by atoms with Gasteiger partial charge >= 0.3 is 0 Å². The lowest BCUT2D eigenvalue weighted by Crippen LogP contribution is -2.47. The molecular formula is C47H62N4O2. The summed E-state index contributed by atoms with van der Waals surface area (Å²) in [6, 6.07) is 22.0. The number of nitrogens with two attached hydrogens (primary N) is 1. The minimum atomic E-state index is -0.598. The molecule has 0 fully saturated rings. The number of likely N-dealkylation sites (N-methyl/N-ethyl adjacent to an activating group) is 1. The SMILES string of the molecule is C=C.C=C(NC(CC(/C=C\C)=C/C)C(=O)NCC(=O)N(CC)c1ccc(CC)c2c1C1C=CC(N)C[C@]1(C)C2)c1ccc(C)cc1.Cc1ccccc1. The Labute approximate surface area is 319 Å². The molecule has 0 aliphatic heterocycles. The van der Waals surface area contributed by atoms with Crippen LogP contribution in [0.2, 0.25) is 0 Å². The fourth-order valence-electron chi connectivity index (χ4n) is 7.46. The van der Waals surface area contributed by atoms with Crippen molar-refractivity contribution in [3.63, 3.8) is 0 Å². The molecule has 0 saturated carbocycles. The zero-order chi connectivity index (χ0) is 39.1. The lowest BCUT2D eigenvalue weighted by Gasteiger charge is -2.36. The highest BCUT2D eigenvalue weighted by Gasteiger charge is 2.46. The summed E-state index contributed by atoms with van der Waals surface area (Å²) in [6.45, 7) is 25.2. The Morgan fingerprint density at radius 2 is 1.64 bits per heavy atom. The molecule has 4 atom stereocenters. The van der Waals surface area contributed by atoms with Crippen LogP contribution >= 0.6 is 0 Å². The molecule has 3 aromatic rings. The van der Waals surface area contributed by atoms with E-state index in [1.165, 1.54) is 22.3 Å². The number of carbonyl (C=O) groups excluding carboxylic acids is 2. The Balaban J connectivity index is 0.000000742. The van der Waals surface area contributed by atoms with Crippen LogP contribution in [0.5, 0.6) is 0 Å². The Morgan fingerprint density at radius 3 is 2.21 bits per heavy atom. The Bertz CT molecular complexity index is 1770. The zero-order valence-electron chi connectivity index (χ0n) is 33.2. The first-order valence-electron chi connectivity index (χ1n) is 18.9. The van der Waals surface area contributed by atoms with Crippen molar-refractivity contribution < 1.29 is 9.59 Å². The maximum Gasteiger partial charge on any atom is 0.246 e. The number of benzene rings is 3. The van der Waals surface area contributed by atoms with Crippen LogP contribution < -0.4 is 21.3 Å². The number of fused-ring (bicyclic) bond motifs is 3. The molecular weight excluding hydrogens is 653 g/mol. The number of amides is 2. The zero-order valence-corrected chi connectivity index (χ0v) is 33.2. The lowest BCUT2D eigenvalue weighted by atomic mass is 9.70. The van der Waals surface area contributed by atoms with Gasteiger partial charge in [0.25, 0.3) is 0 Å². The molecule has 2 amide bonds. The minimum absolute atomic E-state index is 0.0311. The van der Waals surface area contributed by atoms with E-state index >= 15 is 0 Å². The fourth-order valence-corrected chi connectivity index (χ4v) is 7.46. The van der Waals surface area contributed by atoms with Crippen molar-refractivity contribution >= 4 is 23.2 Å². The molecule has 2 aliphatic carbocycles. The van der Waals surface area contributed by atoms with Crippen LogP contribution in [0.15, 0.2) is 122 Å². The molecule has 2 aliphatic rings. The van der Waals surface area contributed by atoms with Crippen molar-refractivity contribution in [1.29, 1.82) is 0 Å². The number of nitrogens with one attached hydrogen (secondary N) is 2. The van der Waals surface area contributed by atoms with E-state index in [0.29, 0.717) is 18.7 Å². The van der Waals surface area contributed by atoms with Gasteiger partial charge in [0.05, 0.1) is 6.54 Å². The molecule has 3 aromatic carbocycles. The van der Waals surface area contributed by atoms with Gasteiger partial charge in [0.2, 0.25) is 11.8 Å². The fraction of sp³-hybridized carbons (Fsp3) is 0.362. The van der Waals surface area contributed by atoms with E-state index in [1.807, 2.05) is 93.3 Å². The molecule has 3 unspecified atom stereocenters. The van der Waals surface area contributed by atoms with E-state index < -0.39 is 6.04 Å². The molecule has 0 spiro atoms.